The summed E-state index contributed by atoms with van der Waals surface area (Å²) in [4.78, 5) is 11.8. The van der Waals surface area contributed by atoms with Gasteiger partial charge in [0.2, 0.25) is 0 Å². The van der Waals surface area contributed by atoms with Crippen LogP contribution in [-0.4, -0.2) is 19.6 Å². The number of rotatable bonds is 5. The van der Waals surface area contributed by atoms with Gasteiger partial charge >= 0.3 is 0 Å². The Balaban J connectivity index is 1.89. The molecular weight excluding hydrogens is 356 g/mol. The molecule has 0 saturated heterocycles. The van der Waals surface area contributed by atoms with E-state index in [1.165, 1.54) is 0 Å². The standard InChI is InChI=1S/C15H14BrClN2O2/c1-18-11-3-5-12(6-4-11)21-9-15(20)19-14-7-2-10(16)8-13(14)17/h2-8,18H,9H2,1H3,(H,19,20). The Kier molecular flexibility index (Phi) is 5.47. The number of hydrogen-bond donors (Lipinski definition) is 2. The summed E-state index contributed by atoms with van der Waals surface area (Å²) in [6.07, 6.45) is 0. The molecule has 0 heterocycles. The molecule has 2 aromatic carbocycles. The molecule has 1 amide bonds. The van der Waals surface area contributed by atoms with Crippen molar-refractivity contribution in [2.75, 3.05) is 24.3 Å². The van der Waals surface area contributed by atoms with Crippen molar-refractivity contribution < 1.29 is 9.53 Å². The van der Waals surface area contributed by atoms with Crippen LogP contribution in [-0.2, 0) is 4.79 Å². The van der Waals surface area contributed by atoms with Gasteiger partial charge in [0.25, 0.3) is 5.91 Å². The molecule has 6 heteroatoms. The Hall–Kier alpha value is -1.72. The summed E-state index contributed by atoms with van der Waals surface area (Å²) in [5, 5.41) is 6.18. The fourth-order valence-electron chi connectivity index (χ4n) is 1.64. The maximum Gasteiger partial charge on any atom is 0.262 e. The topological polar surface area (TPSA) is 50.4 Å². The Morgan fingerprint density at radius 2 is 1.95 bits per heavy atom. The molecule has 0 bridgehead atoms. The summed E-state index contributed by atoms with van der Waals surface area (Å²) < 4.78 is 6.26. The van der Waals surface area contributed by atoms with Crippen molar-refractivity contribution in [3.05, 3.63) is 52.0 Å². The van der Waals surface area contributed by atoms with Crippen molar-refractivity contribution >= 4 is 44.8 Å². The van der Waals surface area contributed by atoms with Crippen LogP contribution in [0.5, 0.6) is 5.75 Å². The highest BCUT2D eigenvalue weighted by Crippen LogP contribution is 2.25. The summed E-state index contributed by atoms with van der Waals surface area (Å²) in [5.41, 5.74) is 1.53. The molecule has 0 atom stereocenters. The first-order chi connectivity index (χ1) is 10.1. The number of anilines is 2. The first kappa shape index (κ1) is 15.7. The lowest BCUT2D eigenvalue weighted by atomic mass is 10.3. The van der Waals surface area contributed by atoms with Gasteiger partial charge in [-0.3, -0.25) is 4.79 Å². The molecular formula is C15H14BrClN2O2. The van der Waals surface area contributed by atoms with Crippen LogP contribution in [0, 0.1) is 0 Å². The average molecular weight is 370 g/mol. The van der Waals surface area contributed by atoms with Crippen LogP contribution in [0.2, 0.25) is 5.02 Å². The van der Waals surface area contributed by atoms with E-state index < -0.39 is 0 Å². The number of halogens is 2. The fourth-order valence-corrected chi connectivity index (χ4v) is 2.36. The van der Waals surface area contributed by atoms with Gasteiger partial charge in [-0.25, -0.2) is 0 Å². The maximum atomic E-state index is 11.8. The van der Waals surface area contributed by atoms with E-state index in [0.717, 1.165) is 10.2 Å². The summed E-state index contributed by atoms with van der Waals surface area (Å²) >= 11 is 9.34. The number of nitrogens with one attached hydrogen (secondary N) is 2. The molecule has 21 heavy (non-hydrogen) atoms. The molecule has 2 aromatic rings. The predicted molar refractivity (Wildman–Crippen MR) is 89.3 cm³/mol. The lowest BCUT2D eigenvalue weighted by Gasteiger charge is -2.09. The second-order valence-corrected chi connectivity index (χ2v) is 5.56. The normalized spacial score (nSPS) is 10.0. The van der Waals surface area contributed by atoms with Crippen molar-refractivity contribution in [2.45, 2.75) is 0 Å². The molecule has 2 N–H and O–H groups in total. The van der Waals surface area contributed by atoms with Crippen LogP contribution in [0.3, 0.4) is 0 Å². The molecule has 0 unspecified atom stereocenters. The van der Waals surface area contributed by atoms with E-state index in [2.05, 4.69) is 26.6 Å². The van der Waals surface area contributed by atoms with Gasteiger partial charge in [-0.2, -0.15) is 0 Å². The molecule has 0 aromatic heterocycles. The lowest BCUT2D eigenvalue weighted by Crippen LogP contribution is -2.20. The maximum absolute atomic E-state index is 11.8. The number of amides is 1. The SMILES string of the molecule is CNc1ccc(OCC(=O)Nc2ccc(Br)cc2Cl)cc1. The van der Waals surface area contributed by atoms with Gasteiger partial charge in [-0.05, 0) is 42.5 Å². The summed E-state index contributed by atoms with van der Waals surface area (Å²) in [5.74, 6) is 0.364. The molecule has 0 aliphatic heterocycles. The highest BCUT2D eigenvalue weighted by atomic mass is 79.9. The van der Waals surface area contributed by atoms with Gasteiger partial charge in [-0.15, -0.1) is 0 Å². The van der Waals surface area contributed by atoms with Crippen LogP contribution >= 0.6 is 27.5 Å². The van der Waals surface area contributed by atoms with Gasteiger partial charge in [0.1, 0.15) is 5.75 Å². The minimum atomic E-state index is -0.267. The van der Waals surface area contributed by atoms with Gasteiger partial charge in [0.05, 0.1) is 10.7 Å². The zero-order valence-electron chi connectivity index (χ0n) is 11.3. The number of carbonyl (C=O) groups is 1. The highest BCUT2D eigenvalue weighted by molar-refractivity contribution is 9.10. The minimum absolute atomic E-state index is 0.0781. The van der Waals surface area contributed by atoms with Gasteiger partial charge in [-0.1, -0.05) is 27.5 Å². The third-order valence-electron chi connectivity index (χ3n) is 2.72. The fraction of sp³-hybridized carbons (Fsp3) is 0.133. The molecule has 0 aliphatic carbocycles. The first-order valence-electron chi connectivity index (χ1n) is 6.24. The van der Waals surface area contributed by atoms with E-state index in [0.29, 0.717) is 16.5 Å². The number of carbonyl (C=O) groups excluding carboxylic acids is 1. The molecule has 2 rings (SSSR count). The Labute approximate surface area is 136 Å². The van der Waals surface area contributed by atoms with Gasteiger partial charge < -0.3 is 15.4 Å². The molecule has 0 aliphatic rings. The third kappa shape index (κ3) is 4.65. The van der Waals surface area contributed by atoms with Crippen molar-refractivity contribution in [3.8, 4) is 5.75 Å². The predicted octanol–water partition coefficient (Wildman–Crippen LogP) is 4.16. The van der Waals surface area contributed by atoms with E-state index in [1.807, 2.05) is 19.2 Å². The zero-order valence-corrected chi connectivity index (χ0v) is 13.7. The van der Waals surface area contributed by atoms with E-state index in [-0.39, 0.29) is 12.5 Å². The molecule has 0 fully saturated rings. The molecule has 4 nitrogen and oxygen atoms in total. The zero-order chi connectivity index (χ0) is 15.2. The minimum Gasteiger partial charge on any atom is -0.484 e. The smallest absolute Gasteiger partial charge is 0.262 e. The van der Waals surface area contributed by atoms with Crippen LogP contribution in [0.1, 0.15) is 0 Å². The summed E-state index contributed by atoms with van der Waals surface area (Å²) in [7, 11) is 1.84. The first-order valence-corrected chi connectivity index (χ1v) is 7.41. The van der Waals surface area contributed by atoms with Crippen LogP contribution in [0.25, 0.3) is 0 Å². The third-order valence-corrected chi connectivity index (χ3v) is 3.52. The lowest BCUT2D eigenvalue weighted by molar-refractivity contribution is -0.118. The van der Waals surface area contributed by atoms with E-state index in [4.69, 9.17) is 16.3 Å². The van der Waals surface area contributed by atoms with Crippen molar-refractivity contribution in [2.24, 2.45) is 0 Å². The second kappa shape index (κ2) is 7.33. The van der Waals surface area contributed by atoms with E-state index >= 15 is 0 Å². The number of hydrogen-bond acceptors (Lipinski definition) is 3. The van der Waals surface area contributed by atoms with Crippen LogP contribution in [0.4, 0.5) is 11.4 Å². The Bertz CT molecular complexity index is 632. The molecule has 0 radical (unpaired) electrons. The quantitative estimate of drug-likeness (QED) is 0.832. The Morgan fingerprint density at radius 1 is 1.24 bits per heavy atom. The number of ether oxygens (including phenoxy) is 1. The van der Waals surface area contributed by atoms with Gasteiger partial charge in [0.15, 0.2) is 6.61 Å². The van der Waals surface area contributed by atoms with Crippen LogP contribution in [0.15, 0.2) is 46.9 Å². The summed E-state index contributed by atoms with van der Waals surface area (Å²) in [6, 6.07) is 12.6. The Morgan fingerprint density at radius 3 is 2.57 bits per heavy atom. The highest BCUT2D eigenvalue weighted by Gasteiger charge is 2.07. The second-order valence-electron chi connectivity index (χ2n) is 4.24. The van der Waals surface area contributed by atoms with E-state index in [1.54, 1.807) is 30.3 Å². The molecule has 110 valence electrons. The van der Waals surface area contributed by atoms with E-state index in [9.17, 15) is 4.79 Å². The summed E-state index contributed by atoms with van der Waals surface area (Å²) in [6.45, 7) is -0.0781. The molecule has 0 spiro atoms. The monoisotopic (exact) mass is 368 g/mol. The van der Waals surface area contributed by atoms with Gasteiger partial charge in [0, 0.05) is 17.2 Å². The van der Waals surface area contributed by atoms with Crippen molar-refractivity contribution in [3.63, 3.8) is 0 Å². The largest absolute Gasteiger partial charge is 0.484 e. The van der Waals surface area contributed by atoms with Crippen molar-refractivity contribution in [1.82, 2.24) is 0 Å². The average Bonchev–Trinajstić information content (AvgIpc) is 2.48. The number of benzene rings is 2. The van der Waals surface area contributed by atoms with Crippen LogP contribution < -0.4 is 15.4 Å². The molecule has 0 saturated carbocycles. The van der Waals surface area contributed by atoms with Crippen molar-refractivity contribution in [1.29, 1.82) is 0 Å².